The van der Waals surface area contributed by atoms with Crippen LogP contribution in [0, 0.1) is 0 Å². The molecule has 6 nitrogen and oxygen atoms in total. The van der Waals surface area contributed by atoms with E-state index in [1.165, 1.54) is 0 Å². The molecule has 1 N–H and O–H groups in total. The highest BCUT2D eigenvalue weighted by molar-refractivity contribution is 5.94. The van der Waals surface area contributed by atoms with Gasteiger partial charge in [-0.15, -0.1) is 0 Å². The zero-order chi connectivity index (χ0) is 18.9. The van der Waals surface area contributed by atoms with Crippen molar-refractivity contribution in [2.24, 2.45) is 0 Å². The second-order valence-corrected chi connectivity index (χ2v) is 7.36. The lowest BCUT2D eigenvalue weighted by Gasteiger charge is -2.42. The third-order valence-electron chi connectivity index (χ3n) is 5.55. The predicted octanol–water partition coefficient (Wildman–Crippen LogP) is 2.72. The molecule has 6 heteroatoms. The molecule has 1 fully saturated rings. The van der Waals surface area contributed by atoms with Gasteiger partial charge in [0.1, 0.15) is 11.4 Å². The Kier molecular flexibility index (Phi) is 4.56. The lowest BCUT2D eigenvalue weighted by atomic mass is 9.82. The van der Waals surface area contributed by atoms with Crippen LogP contribution in [0.25, 0.3) is 0 Å². The van der Waals surface area contributed by atoms with Crippen molar-refractivity contribution in [3.63, 3.8) is 0 Å². The molecule has 2 aliphatic heterocycles. The Labute approximate surface area is 158 Å². The van der Waals surface area contributed by atoms with Gasteiger partial charge in [0.05, 0.1) is 11.6 Å². The minimum atomic E-state index is -0.443. The number of nitrogens with one attached hydrogen (secondary N) is 1. The van der Waals surface area contributed by atoms with Crippen molar-refractivity contribution in [3.8, 4) is 5.75 Å². The zero-order valence-corrected chi connectivity index (χ0v) is 15.4. The average molecular weight is 365 g/mol. The first-order valence-corrected chi connectivity index (χ1v) is 9.29. The smallest absolute Gasteiger partial charge is 0.253 e. The third-order valence-corrected chi connectivity index (χ3v) is 5.55. The lowest BCUT2D eigenvalue weighted by Crippen LogP contribution is -2.45. The lowest BCUT2D eigenvalue weighted by molar-refractivity contribution is -0.129. The fourth-order valence-electron chi connectivity index (χ4n) is 3.94. The molecule has 1 saturated heterocycles. The molecule has 2 aromatic rings. The maximum Gasteiger partial charge on any atom is 0.253 e. The van der Waals surface area contributed by atoms with Crippen LogP contribution in [0.4, 0.5) is 0 Å². The van der Waals surface area contributed by atoms with Crippen molar-refractivity contribution < 1.29 is 14.3 Å². The molecule has 2 amide bonds. The van der Waals surface area contributed by atoms with Crippen LogP contribution in [-0.2, 0) is 4.79 Å². The van der Waals surface area contributed by atoms with E-state index < -0.39 is 5.60 Å². The number of carbonyl (C=O) groups is 2. The van der Waals surface area contributed by atoms with E-state index in [0.717, 1.165) is 17.7 Å². The van der Waals surface area contributed by atoms with Gasteiger partial charge in [0.15, 0.2) is 0 Å². The number of rotatable bonds is 2. The van der Waals surface area contributed by atoms with Gasteiger partial charge in [0.2, 0.25) is 5.91 Å². The van der Waals surface area contributed by atoms with Crippen molar-refractivity contribution in [2.45, 2.75) is 37.3 Å². The van der Waals surface area contributed by atoms with E-state index in [0.29, 0.717) is 31.4 Å². The SMILES string of the molecule is CN1CC[C@@]2(CCC1=O)C[C@@H](NC(=O)c1cccnc1)c1ccccc1O2. The van der Waals surface area contributed by atoms with Gasteiger partial charge < -0.3 is 15.0 Å². The monoisotopic (exact) mass is 365 g/mol. The number of nitrogens with zero attached hydrogens (tertiary/aromatic N) is 2. The summed E-state index contributed by atoms with van der Waals surface area (Å²) in [5.41, 5.74) is 1.07. The minimum Gasteiger partial charge on any atom is -0.487 e. The predicted molar refractivity (Wildman–Crippen MR) is 100 cm³/mol. The highest BCUT2D eigenvalue weighted by Gasteiger charge is 2.43. The summed E-state index contributed by atoms with van der Waals surface area (Å²) in [5, 5.41) is 3.15. The van der Waals surface area contributed by atoms with Gasteiger partial charge in [-0.1, -0.05) is 18.2 Å². The van der Waals surface area contributed by atoms with E-state index in [-0.39, 0.29) is 17.9 Å². The van der Waals surface area contributed by atoms with E-state index in [1.807, 2.05) is 31.3 Å². The van der Waals surface area contributed by atoms with Gasteiger partial charge in [-0.05, 0) is 24.6 Å². The van der Waals surface area contributed by atoms with Crippen LogP contribution in [0.2, 0.25) is 0 Å². The van der Waals surface area contributed by atoms with Crippen molar-refractivity contribution in [1.82, 2.24) is 15.2 Å². The summed E-state index contributed by atoms with van der Waals surface area (Å²) < 4.78 is 6.41. The van der Waals surface area contributed by atoms with Crippen LogP contribution >= 0.6 is 0 Å². The van der Waals surface area contributed by atoms with Crippen LogP contribution in [0.5, 0.6) is 5.75 Å². The molecule has 0 aliphatic carbocycles. The summed E-state index contributed by atoms with van der Waals surface area (Å²) in [6.07, 6.45) is 5.73. The quantitative estimate of drug-likeness (QED) is 0.888. The molecule has 2 atom stereocenters. The van der Waals surface area contributed by atoms with Crippen LogP contribution in [0.1, 0.15) is 47.6 Å². The molecule has 4 rings (SSSR count). The summed E-state index contributed by atoms with van der Waals surface area (Å²) in [5.74, 6) is 0.782. The molecular weight excluding hydrogens is 342 g/mol. The second kappa shape index (κ2) is 7.02. The molecule has 1 aromatic heterocycles. The Morgan fingerprint density at radius 3 is 2.93 bits per heavy atom. The number of ether oxygens (including phenoxy) is 1. The summed E-state index contributed by atoms with van der Waals surface area (Å²) >= 11 is 0. The number of amides is 2. The molecule has 3 heterocycles. The van der Waals surface area contributed by atoms with Crippen LogP contribution in [0.15, 0.2) is 48.8 Å². The van der Waals surface area contributed by atoms with Crippen LogP contribution < -0.4 is 10.1 Å². The number of benzene rings is 1. The van der Waals surface area contributed by atoms with Crippen molar-refractivity contribution in [1.29, 1.82) is 0 Å². The molecule has 1 spiro atoms. The molecule has 140 valence electrons. The van der Waals surface area contributed by atoms with E-state index in [2.05, 4.69) is 10.3 Å². The first-order chi connectivity index (χ1) is 13.1. The normalized spacial score (nSPS) is 24.7. The summed E-state index contributed by atoms with van der Waals surface area (Å²) in [7, 11) is 1.83. The Morgan fingerprint density at radius 1 is 1.26 bits per heavy atom. The largest absolute Gasteiger partial charge is 0.487 e. The number of para-hydroxylation sites is 1. The topological polar surface area (TPSA) is 71.5 Å². The minimum absolute atomic E-state index is 0.144. The second-order valence-electron chi connectivity index (χ2n) is 7.36. The number of hydrogen-bond acceptors (Lipinski definition) is 4. The maximum atomic E-state index is 12.7. The zero-order valence-electron chi connectivity index (χ0n) is 15.4. The Morgan fingerprint density at radius 2 is 2.11 bits per heavy atom. The molecule has 0 bridgehead atoms. The molecule has 0 saturated carbocycles. The summed E-state index contributed by atoms with van der Waals surface area (Å²) in [6, 6.07) is 11.2. The molecule has 27 heavy (non-hydrogen) atoms. The molecule has 0 unspecified atom stereocenters. The Balaban J connectivity index is 1.62. The van der Waals surface area contributed by atoms with Crippen LogP contribution in [0.3, 0.4) is 0 Å². The first-order valence-electron chi connectivity index (χ1n) is 9.29. The number of likely N-dealkylation sites (tertiary alicyclic amines) is 1. The van der Waals surface area contributed by atoms with E-state index in [1.54, 1.807) is 29.4 Å². The first kappa shape index (κ1) is 17.5. The standard InChI is InChI=1S/C21H23N3O3/c1-24-12-10-21(9-8-19(24)25)13-17(16-6-2-3-7-18(16)27-21)23-20(26)15-5-4-11-22-14-15/h2-7,11,14,17H,8-10,12-13H2,1H3,(H,23,26)/t17-,21+/m1/s1. The van der Waals surface area contributed by atoms with E-state index in [4.69, 9.17) is 4.74 Å². The number of fused-ring (bicyclic) bond motifs is 1. The maximum absolute atomic E-state index is 12.7. The fourth-order valence-corrected chi connectivity index (χ4v) is 3.94. The molecule has 1 aromatic carbocycles. The number of hydrogen-bond donors (Lipinski definition) is 1. The summed E-state index contributed by atoms with van der Waals surface area (Å²) in [6.45, 7) is 0.657. The Hall–Kier alpha value is -2.89. The number of aromatic nitrogens is 1. The summed E-state index contributed by atoms with van der Waals surface area (Å²) in [4.78, 5) is 30.6. The molecular formula is C21H23N3O3. The highest BCUT2D eigenvalue weighted by atomic mass is 16.5. The number of carbonyl (C=O) groups excluding carboxylic acids is 2. The Bertz CT molecular complexity index is 855. The molecule has 0 radical (unpaired) electrons. The van der Waals surface area contributed by atoms with Gasteiger partial charge in [-0.2, -0.15) is 0 Å². The average Bonchev–Trinajstić information content (AvgIpc) is 2.83. The third kappa shape index (κ3) is 3.52. The van der Waals surface area contributed by atoms with Crippen molar-refractivity contribution in [2.75, 3.05) is 13.6 Å². The molecule has 2 aliphatic rings. The van der Waals surface area contributed by atoms with Crippen molar-refractivity contribution >= 4 is 11.8 Å². The van der Waals surface area contributed by atoms with E-state index in [9.17, 15) is 9.59 Å². The fraction of sp³-hybridized carbons (Fsp3) is 0.381. The van der Waals surface area contributed by atoms with Gasteiger partial charge >= 0.3 is 0 Å². The number of pyridine rings is 1. The van der Waals surface area contributed by atoms with Gasteiger partial charge in [-0.3, -0.25) is 14.6 Å². The van der Waals surface area contributed by atoms with Crippen LogP contribution in [-0.4, -0.2) is 40.9 Å². The van der Waals surface area contributed by atoms with Gasteiger partial charge in [0.25, 0.3) is 5.91 Å². The van der Waals surface area contributed by atoms with E-state index >= 15 is 0 Å². The van der Waals surface area contributed by atoms with Gasteiger partial charge in [-0.25, -0.2) is 0 Å². The van der Waals surface area contributed by atoms with Gasteiger partial charge in [0, 0.05) is 50.8 Å². The highest BCUT2D eigenvalue weighted by Crippen LogP contribution is 2.44. The van der Waals surface area contributed by atoms with Crippen molar-refractivity contribution in [3.05, 3.63) is 59.9 Å².